The number of allylic oxidation sites excluding steroid dienone is 2. The van der Waals surface area contributed by atoms with Crippen molar-refractivity contribution in [3.8, 4) is 0 Å². The molecule has 0 aromatic carbocycles. The number of ether oxygens (including phenoxy) is 11. The Kier molecular flexibility index (Phi) is 21.8. The molecule has 6 saturated heterocycles. The summed E-state index contributed by atoms with van der Waals surface area (Å²) >= 11 is 0. The van der Waals surface area contributed by atoms with E-state index in [4.69, 9.17) is 56.3 Å². The van der Waals surface area contributed by atoms with Gasteiger partial charge in [0.2, 0.25) is 10.4 Å². The Hall–Kier alpha value is -0.350. The first-order valence-electron chi connectivity index (χ1n) is 30.1. The van der Waals surface area contributed by atoms with E-state index in [9.17, 15) is 79.4 Å². The maximum atomic E-state index is 12.5. The van der Waals surface area contributed by atoms with Crippen LogP contribution in [0.2, 0.25) is 0 Å². The predicted octanol–water partition coefficient (Wildman–Crippen LogP) is -6.35. The standard InChI is InChI=1S/C56H92O28S.Na/c1-20(2)21(3)44-48(80-44)56(8,69)33-10-9-26-25-16-30(28-15-24(84-85(70,71)72)11-13-54(28,6)27(25)12-14-55(26,33)7)77-51-43(68)45(35(60)23(5)76-51)81-52-46(83-50-42(67)39(64)34(59)22(4)75-50)38(63)32(19-74-52)79-53-47(40(65)37(62)31(17-57)78-53)82-49-41(66)36(61)29(58)18-73-49;/h12,20-26,28-53,57-69H,9-11,13-19H2,1-8H3,(H,70,71,72);/q;+1/p-1/t21-,22?,23?,24-,25?,26?,28?,29?,30-,31?,32?,33-,34?,35?,36?,37?,38?,39?,40?,41?,42?,43?,44-,45?,46?,47?,48+,49?,50?,51?,52?,53?,54+,55-,56+;/m0./s1. The van der Waals surface area contributed by atoms with Crippen LogP contribution >= 0.6 is 0 Å². The van der Waals surface area contributed by atoms with Crippen LogP contribution in [-0.4, -0.2) is 271 Å². The third kappa shape index (κ3) is 13.3. The summed E-state index contributed by atoms with van der Waals surface area (Å²) in [6.07, 6.45) is -36.2. The molecule has 10 rings (SSSR count). The molecule has 0 aromatic heterocycles. The molecule has 35 atom stereocenters. The van der Waals surface area contributed by atoms with Gasteiger partial charge in [-0.25, -0.2) is 8.42 Å². The van der Waals surface area contributed by atoms with Crippen LogP contribution in [0.25, 0.3) is 0 Å². The second-order valence-electron chi connectivity index (χ2n) is 26.9. The van der Waals surface area contributed by atoms with Gasteiger partial charge in [-0.2, -0.15) is 0 Å². The first kappa shape index (κ1) is 70.0. The molecule has 26 unspecified atom stereocenters. The molecular weight excluding hydrogens is 1180 g/mol. The Bertz CT molecular complexity index is 2430. The summed E-state index contributed by atoms with van der Waals surface area (Å²) < 4.78 is 108. The topological polar surface area (TPSA) is 434 Å². The molecule has 0 bridgehead atoms. The van der Waals surface area contributed by atoms with E-state index >= 15 is 0 Å². The molecule has 0 radical (unpaired) electrons. The van der Waals surface area contributed by atoms with E-state index in [-0.39, 0.29) is 83.7 Å². The van der Waals surface area contributed by atoms with E-state index in [1.165, 1.54) is 19.4 Å². The number of aliphatic hydroxyl groups excluding tert-OH is 12. The minimum absolute atomic E-state index is 0. The molecule has 6 aliphatic heterocycles. The molecule has 9 fully saturated rings. The van der Waals surface area contributed by atoms with Crippen molar-refractivity contribution in [2.45, 2.75) is 272 Å². The summed E-state index contributed by atoms with van der Waals surface area (Å²) in [6, 6.07) is 0. The number of rotatable bonds is 17. The summed E-state index contributed by atoms with van der Waals surface area (Å²) in [6.45, 7) is 13.5. The number of epoxide rings is 1. The molecule has 0 aromatic rings. The molecular formula is C56H91NaO28S. The van der Waals surface area contributed by atoms with E-state index in [1.807, 2.05) is 6.92 Å². The summed E-state index contributed by atoms with van der Waals surface area (Å²) in [5.41, 5.74) is -0.978. The van der Waals surface area contributed by atoms with E-state index in [0.717, 1.165) is 12.8 Å². The van der Waals surface area contributed by atoms with E-state index in [2.05, 4.69) is 40.7 Å². The first-order chi connectivity index (χ1) is 39.8. The maximum Gasteiger partial charge on any atom is 1.00 e. The fourth-order valence-corrected chi connectivity index (χ4v) is 16.5. The Morgan fingerprint density at radius 1 is 0.651 bits per heavy atom. The summed E-state index contributed by atoms with van der Waals surface area (Å²) in [5, 5.41) is 145. The van der Waals surface area contributed by atoms with Crippen molar-refractivity contribution in [2.24, 2.45) is 46.3 Å². The molecule has 10 aliphatic rings. The smallest absolute Gasteiger partial charge is 0.726 e. The zero-order chi connectivity index (χ0) is 61.9. The van der Waals surface area contributed by atoms with Gasteiger partial charge in [0.05, 0.1) is 55.9 Å². The number of fused-ring (bicyclic) bond motifs is 5. The van der Waals surface area contributed by atoms with Crippen molar-refractivity contribution in [3.63, 3.8) is 0 Å². The zero-order valence-corrected chi connectivity index (χ0v) is 52.9. The van der Waals surface area contributed by atoms with Crippen molar-refractivity contribution >= 4 is 10.4 Å². The van der Waals surface area contributed by atoms with Gasteiger partial charge in [-0.05, 0) is 112 Å². The molecule has 4 aliphatic carbocycles. The first-order valence-corrected chi connectivity index (χ1v) is 31.4. The van der Waals surface area contributed by atoms with Crippen LogP contribution in [0.15, 0.2) is 11.6 Å². The SMILES string of the molecule is CC1OC(OC2C(OC3C(O)C(C)OC(O[C@H]4CC5C(=CC[C@@]6(C)C5CC[C@@H]6[C@@](C)(O)[C@@H]5O[C@H]5[C@@H](C)C(C)C)[C@@]5(C)CC[C@H](OS(=O)(=O)[O-])CC45)C3O)OCC(OC3OC(CO)C(O)C(O)C3OC3OCC(O)C(O)C3O)C2O)C(O)C(O)C1O.[Na+]. The second kappa shape index (κ2) is 26.8. The van der Waals surface area contributed by atoms with Gasteiger partial charge in [0.1, 0.15) is 104 Å². The van der Waals surface area contributed by atoms with Crippen LogP contribution in [-0.2, 0) is 66.7 Å². The fraction of sp³-hybridized carbons (Fsp3) is 0.964. The van der Waals surface area contributed by atoms with Crippen LogP contribution in [0.3, 0.4) is 0 Å². The predicted molar refractivity (Wildman–Crippen MR) is 283 cm³/mol. The second-order valence-corrected chi connectivity index (χ2v) is 27.9. The summed E-state index contributed by atoms with van der Waals surface area (Å²) in [4.78, 5) is 0. The molecule has 6 heterocycles. The van der Waals surface area contributed by atoms with Gasteiger partial charge in [-0.1, -0.05) is 46.3 Å². The van der Waals surface area contributed by atoms with E-state index in [0.29, 0.717) is 25.2 Å². The summed E-state index contributed by atoms with van der Waals surface area (Å²) in [5.74, 6) is -0.106. The zero-order valence-electron chi connectivity index (χ0n) is 50.0. The molecule has 0 amide bonds. The maximum absolute atomic E-state index is 12.5. The Morgan fingerprint density at radius 3 is 1.92 bits per heavy atom. The third-order valence-corrected chi connectivity index (χ3v) is 21.9. The van der Waals surface area contributed by atoms with Crippen LogP contribution in [0, 0.1) is 46.3 Å². The van der Waals surface area contributed by atoms with Crippen molar-refractivity contribution < 1.29 is 165 Å². The van der Waals surface area contributed by atoms with Gasteiger partial charge in [-0.3, -0.25) is 4.18 Å². The Labute approximate surface area is 522 Å². The van der Waals surface area contributed by atoms with Crippen molar-refractivity contribution in [1.29, 1.82) is 0 Å². The minimum atomic E-state index is -5.12. The number of hydrogen-bond acceptors (Lipinski definition) is 28. The van der Waals surface area contributed by atoms with Gasteiger partial charge in [-0.15, -0.1) is 0 Å². The molecule has 86 heavy (non-hydrogen) atoms. The Balaban J connectivity index is 0.00000884. The van der Waals surface area contributed by atoms with Gasteiger partial charge in [0, 0.05) is 0 Å². The van der Waals surface area contributed by atoms with Crippen molar-refractivity contribution in [2.75, 3.05) is 19.8 Å². The van der Waals surface area contributed by atoms with Gasteiger partial charge >= 0.3 is 29.6 Å². The average molecular weight is 1270 g/mol. The molecule has 0 spiro atoms. The molecule has 28 nitrogen and oxygen atoms in total. The monoisotopic (exact) mass is 1270 g/mol. The van der Waals surface area contributed by atoms with Crippen LogP contribution in [0.4, 0.5) is 0 Å². The molecule has 3 saturated carbocycles. The van der Waals surface area contributed by atoms with Crippen molar-refractivity contribution in [1.82, 2.24) is 0 Å². The van der Waals surface area contributed by atoms with Gasteiger partial charge in [0.25, 0.3) is 0 Å². The molecule has 30 heteroatoms. The average Bonchev–Trinajstić information content (AvgIpc) is 1.39. The number of hydrogen-bond donors (Lipinski definition) is 13. The minimum Gasteiger partial charge on any atom is -0.726 e. The summed E-state index contributed by atoms with van der Waals surface area (Å²) in [7, 11) is -5.12. The normalized spacial score (nSPS) is 52.6. The van der Waals surface area contributed by atoms with Crippen LogP contribution in [0.1, 0.15) is 100 Å². The third-order valence-electron chi connectivity index (χ3n) is 21.4. The van der Waals surface area contributed by atoms with Gasteiger partial charge < -0.3 is 123 Å². The van der Waals surface area contributed by atoms with E-state index < -0.39 is 201 Å². The van der Waals surface area contributed by atoms with Gasteiger partial charge in [0.15, 0.2) is 31.5 Å². The Morgan fingerprint density at radius 2 is 1.26 bits per heavy atom. The number of aliphatic hydroxyl groups is 13. The van der Waals surface area contributed by atoms with Crippen LogP contribution in [0.5, 0.6) is 0 Å². The quantitative estimate of drug-likeness (QED) is 0.0212. The largest absolute Gasteiger partial charge is 1.00 e. The molecule has 490 valence electrons. The molecule has 13 N–H and O–H groups in total. The fourth-order valence-electron chi connectivity index (χ4n) is 16.0. The van der Waals surface area contributed by atoms with Crippen LogP contribution < -0.4 is 29.6 Å². The van der Waals surface area contributed by atoms with E-state index in [1.54, 1.807) is 0 Å². The van der Waals surface area contributed by atoms with Crippen molar-refractivity contribution in [3.05, 3.63) is 11.6 Å².